The summed E-state index contributed by atoms with van der Waals surface area (Å²) in [6, 6.07) is 17.3. The van der Waals surface area contributed by atoms with Gasteiger partial charge in [0.15, 0.2) is 5.65 Å². The van der Waals surface area contributed by atoms with E-state index in [4.69, 9.17) is 16.3 Å². The topological polar surface area (TPSA) is 83.2 Å². The van der Waals surface area contributed by atoms with E-state index < -0.39 is 5.56 Å². The summed E-state index contributed by atoms with van der Waals surface area (Å²) in [6.45, 7) is 0. The Morgan fingerprint density at radius 1 is 1.19 bits per heavy atom. The molecule has 0 bridgehead atoms. The van der Waals surface area contributed by atoms with Crippen molar-refractivity contribution in [1.82, 2.24) is 14.6 Å². The molecule has 1 N–H and O–H groups in total. The standard InChI is InChI=1S/C23H17ClN4O2S/c1-31-17-8-6-16(7-9-17)30-19-13-26-21-18(12-25)20(27-28(21)22(19)29)23(10-11-23)14-2-4-15(24)5-3-14/h2-9,13,27H,10-11H2,1H3. The average molecular weight is 449 g/mol. The van der Waals surface area contributed by atoms with Gasteiger partial charge in [-0.25, -0.2) is 4.98 Å². The number of halogens is 1. The van der Waals surface area contributed by atoms with Gasteiger partial charge in [0.2, 0.25) is 5.75 Å². The van der Waals surface area contributed by atoms with Crippen LogP contribution in [0, 0.1) is 11.3 Å². The van der Waals surface area contributed by atoms with E-state index in [9.17, 15) is 10.1 Å². The number of nitrogens with zero attached hydrogens (tertiary/aromatic N) is 3. The maximum atomic E-state index is 13.1. The fourth-order valence-corrected chi connectivity index (χ4v) is 4.40. The first kappa shape index (κ1) is 19.7. The van der Waals surface area contributed by atoms with Crippen LogP contribution < -0.4 is 10.3 Å². The quantitative estimate of drug-likeness (QED) is 0.427. The molecule has 1 fully saturated rings. The van der Waals surface area contributed by atoms with Gasteiger partial charge in [0.1, 0.15) is 17.4 Å². The number of nitrogens with one attached hydrogen (secondary N) is 1. The van der Waals surface area contributed by atoms with E-state index in [1.165, 1.54) is 10.7 Å². The van der Waals surface area contributed by atoms with Gasteiger partial charge >= 0.3 is 5.56 Å². The van der Waals surface area contributed by atoms with Gasteiger partial charge in [-0.3, -0.25) is 9.89 Å². The maximum Gasteiger partial charge on any atom is 0.315 e. The molecule has 2 aromatic carbocycles. The summed E-state index contributed by atoms with van der Waals surface area (Å²) < 4.78 is 7.08. The molecule has 6 nitrogen and oxygen atoms in total. The van der Waals surface area contributed by atoms with Crippen molar-refractivity contribution in [3.63, 3.8) is 0 Å². The number of ether oxygens (including phenoxy) is 1. The van der Waals surface area contributed by atoms with E-state index in [-0.39, 0.29) is 11.2 Å². The molecule has 1 saturated carbocycles. The Morgan fingerprint density at radius 3 is 2.52 bits per heavy atom. The van der Waals surface area contributed by atoms with Crippen LogP contribution in [0.2, 0.25) is 5.02 Å². The minimum absolute atomic E-state index is 0.0861. The summed E-state index contributed by atoms with van der Waals surface area (Å²) in [7, 11) is 0. The van der Waals surface area contributed by atoms with Crippen molar-refractivity contribution in [1.29, 1.82) is 5.26 Å². The van der Waals surface area contributed by atoms with Crippen molar-refractivity contribution in [3.05, 3.63) is 86.9 Å². The molecule has 1 aliphatic carbocycles. The van der Waals surface area contributed by atoms with Crippen molar-refractivity contribution in [2.45, 2.75) is 23.2 Å². The zero-order valence-electron chi connectivity index (χ0n) is 16.6. The number of aromatic amines is 1. The number of aromatic nitrogens is 3. The van der Waals surface area contributed by atoms with E-state index in [2.05, 4.69) is 16.2 Å². The molecular weight excluding hydrogens is 432 g/mol. The summed E-state index contributed by atoms with van der Waals surface area (Å²) in [6.07, 6.45) is 5.11. The Kier molecular flexibility index (Phi) is 4.77. The van der Waals surface area contributed by atoms with E-state index in [1.807, 2.05) is 42.7 Å². The van der Waals surface area contributed by atoms with Gasteiger partial charge < -0.3 is 4.74 Å². The second-order valence-electron chi connectivity index (χ2n) is 7.43. The van der Waals surface area contributed by atoms with E-state index in [1.54, 1.807) is 23.9 Å². The molecule has 31 heavy (non-hydrogen) atoms. The smallest absolute Gasteiger partial charge is 0.315 e. The molecule has 0 amide bonds. The van der Waals surface area contributed by atoms with Crippen molar-refractivity contribution >= 4 is 29.0 Å². The van der Waals surface area contributed by atoms with Crippen LogP contribution in [-0.4, -0.2) is 20.9 Å². The zero-order chi connectivity index (χ0) is 21.6. The predicted octanol–water partition coefficient (Wildman–Crippen LogP) is 5.14. The Bertz CT molecular complexity index is 1380. The summed E-state index contributed by atoms with van der Waals surface area (Å²) in [4.78, 5) is 18.6. The van der Waals surface area contributed by atoms with Crippen LogP contribution in [0.4, 0.5) is 0 Å². The first-order valence-corrected chi connectivity index (χ1v) is 11.3. The monoisotopic (exact) mass is 448 g/mol. The number of hydrogen-bond donors (Lipinski definition) is 1. The highest BCUT2D eigenvalue weighted by molar-refractivity contribution is 7.98. The third-order valence-corrected chi connectivity index (χ3v) is 6.65. The molecule has 154 valence electrons. The molecule has 0 unspecified atom stereocenters. The second-order valence-corrected chi connectivity index (χ2v) is 8.74. The van der Waals surface area contributed by atoms with Gasteiger partial charge in [0.25, 0.3) is 0 Å². The van der Waals surface area contributed by atoms with E-state index in [0.717, 1.165) is 23.3 Å². The molecule has 4 aromatic rings. The van der Waals surface area contributed by atoms with Crippen LogP contribution in [0.5, 0.6) is 11.5 Å². The molecule has 0 spiro atoms. The molecule has 2 heterocycles. The Morgan fingerprint density at radius 2 is 1.90 bits per heavy atom. The van der Waals surface area contributed by atoms with Gasteiger partial charge in [0, 0.05) is 15.3 Å². The highest BCUT2D eigenvalue weighted by Gasteiger charge is 2.49. The molecule has 0 aliphatic heterocycles. The number of H-pyrrole nitrogens is 1. The number of rotatable bonds is 5. The van der Waals surface area contributed by atoms with Crippen molar-refractivity contribution in [2.24, 2.45) is 0 Å². The summed E-state index contributed by atoms with van der Waals surface area (Å²) >= 11 is 7.67. The third-order valence-electron chi connectivity index (χ3n) is 5.65. The highest BCUT2D eigenvalue weighted by Crippen LogP contribution is 2.54. The molecule has 2 aromatic heterocycles. The van der Waals surface area contributed by atoms with Crippen LogP contribution in [-0.2, 0) is 5.41 Å². The van der Waals surface area contributed by atoms with Crippen molar-refractivity contribution in [3.8, 4) is 17.6 Å². The van der Waals surface area contributed by atoms with Crippen LogP contribution in [0.25, 0.3) is 5.65 Å². The first-order valence-electron chi connectivity index (χ1n) is 9.68. The summed E-state index contributed by atoms with van der Waals surface area (Å²) in [5, 5.41) is 13.7. The fourth-order valence-electron chi connectivity index (χ4n) is 3.87. The fraction of sp³-hybridized carbons (Fsp3) is 0.174. The SMILES string of the molecule is CSc1ccc(Oc2cnc3c(C#N)c(C4(c5ccc(Cl)cc5)CC4)[nH]n3c2=O)cc1. The molecule has 5 rings (SSSR count). The van der Waals surface area contributed by atoms with Crippen LogP contribution in [0.3, 0.4) is 0 Å². The lowest BCUT2D eigenvalue weighted by atomic mass is 9.90. The number of hydrogen-bond acceptors (Lipinski definition) is 5. The Labute approximate surface area is 187 Å². The number of nitriles is 1. The molecule has 8 heteroatoms. The Hall–Kier alpha value is -3.21. The van der Waals surface area contributed by atoms with Gasteiger partial charge in [-0.05, 0) is 61.1 Å². The van der Waals surface area contributed by atoms with Crippen LogP contribution in [0.15, 0.2) is 64.4 Å². The van der Waals surface area contributed by atoms with E-state index in [0.29, 0.717) is 27.7 Å². The van der Waals surface area contributed by atoms with Gasteiger partial charge in [0.05, 0.1) is 11.9 Å². The normalized spacial score (nSPS) is 14.4. The van der Waals surface area contributed by atoms with Crippen LogP contribution >= 0.6 is 23.4 Å². The molecule has 0 saturated heterocycles. The third kappa shape index (κ3) is 3.29. The lowest BCUT2D eigenvalue weighted by Gasteiger charge is -2.14. The zero-order valence-corrected chi connectivity index (χ0v) is 18.1. The van der Waals surface area contributed by atoms with Gasteiger partial charge in [-0.2, -0.15) is 9.78 Å². The highest BCUT2D eigenvalue weighted by atomic mass is 35.5. The average Bonchev–Trinajstić information content (AvgIpc) is 3.51. The minimum Gasteiger partial charge on any atom is -0.450 e. The number of benzene rings is 2. The summed E-state index contributed by atoms with van der Waals surface area (Å²) in [5.41, 5.74) is 1.69. The molecule has 1 aliphatic rings. The van der Waals surface area contributed by atoms with Crippen molar-refractivity contribution < 1.29 is 4.74 Å². The molecular formula is C23H17ClN4O2S. The molecule has 0 atom stereocenters. The Balaban J connectivity index is 1.59. The maximum absolute atomic E-state index is 13.1. The predicted molar refractivity (Wildman–Crippen MR) is 120 cm³/mol. The largest absolute Gasteiger partial charge is 0.450 e. The van der Waals surface area contributed by atoms with Gasteiger partial charge in [-0.15, -0.1) is 11.8 Å². The lowest BCUT2D eigenvalue weighted by molar-refractivity contribution is 0.468. The number of thioether (sulfide) groups is 1. The van der Waals surface area contributed by atoms with Crippen molar-refractivity contribution in [2.75, 3.05) is 6.26 Å². The minimum atomic E-state index is -0.395. The van der Waals surface area contributed by atoms with Gasteiger partial charge in [-0.1, -0.05) is 23.7 Å². The van der Waals surface area contributed by atoms with Crippen LogP contribution in [0.1, 0.15) is 29.7 Å². The second kappa shape index (κ2) is 7.49. The molecule has 0 radical (unpaired) electrons. The lowest BCUT2D eigenvalue weighted by Crippen LogP contribution is -2.17. The van der Waals surface area contributed by atoms with E-state index >= 15 is 0 Å². The number of fused-ring (bicyclic) bond motifs is 1. The first-order chi connectivity index (χ1) is 15.1. The summed E-state index contributed by atoms with van der Waals surface area (Å²) in [5.74, 6) is 0.631.